The van der Waals surface area contributed by atoms with E-state index < -0.39 is 10.0 Å². The van der Waals surface area contributed by atoms with Gasteiger partial charge in [-0.25, -0.2) is 8.42 Å². The van der Waals surface area contributed by atoms with Crippen molar-refractivity contribution in [1.29, 1.82) is 0 Å². The Morgan fingerprint density at radius 1 is 0.879 bits per heavy atom. The van der Waals surface area contributed by atoms with Crippen LogP contribution in [0.1, 0.15) is 30.0 Å². The Kier molecular flexibility index (Phi) is 7.54. The van der Waals surface area contributed by atoms with E-state index in [9.17, 15) is 13.2 Å². The summed E-state index contributed by atoms with van der Waals surface area (Å²) in [6.07, 6.45) is 2.52. The van der Waals surface area contributed by atoms with E-state index in [4.69, 9.17) is 0 Å². The number of nitrogens with one attached hydrogen (secondary N) is 2. The Balaban J connectivity index is 1.41. The Morgan fingerprint density at radius 3 is 2.24 bits per heavy atom. The monoisotopic (exact) mass is 463 g/mol. The summed E-state index contributed by atoms with van der Waals surface area (Å²) in [6, 6.07) is 26.6. The molecule has 0 saturated carbocycles. The van der Waals surface area contributed by atoms with E-state index in [1.165, 1.54) is 15.9 Å². The van der Waals surface area contributed by atoms with Crippen molar-refractivity contribution < 1.29 is 13.2 Å². The molecule has 0 aliphatic carbocycles. The van der Waals surface area contributed by atoms with Crippen LogP contribution < -0.4 is 10.6 Å². The summed E-state index contributed by atoms with van der Waals surface area (Å²) < 4.78 is 27.1. The molecule has 0 aromatic heterocycles. The zero-order chi connectivity index (χ0) is 23.1. The van der Waals surface area contributed by atoms with Gasteiger partial charge in [-0.3, -0.25) is 4.79 Å². The number of amides is 1. The molecule has 1 amide bonds. The van der Waals surface area contributed by atoms with Crippen molar-refractivity contribution in [2.45, 2.75) is 30.2 Å². The van der Waals surface area contributed by atoms with Crippen LogP contribution in [0.2, 0.25) is 0 Å². The second-order valence-corrected chi connectivity index (χ2v) is 10.2. The number of carbonyl (C=O) groups is 1. The van der Waals surface area contributed by atoms with Crippen molar-refractivity contribution in [2.75, 3.05) is 25.0 Å². The van der Waals surface area contributed by atoms with Crippen LogP contribution in [0.25, 0.3) is 0 Å². The normalized spacial score (nSPS) is 15.3. The Hall–Kier alpha value is -3.00. The lowest BCUT2D eigenvalue weighted by Gasteiger charge is -2.20. The van der Waals surface area contributed by atoms with Gasteiger partial charge in [0.25, 0.3) is 0 Å². The summed E-state index contributed by atoms with van der Waals surface area (Å²) in [6.45, 7) is 1.20. The third-order valence-corrected chi connectivity index (χ3v) is 7.71. The molecule has 3 aromatic rings. The maximum absolute atomic E-state index is 12.8. The topological polar surface area (TPSA) is 78.5 Å². The predicted octanol–water partition coefficient (Wildman–Crippen LogP) is 3.98. The fourth-order valence-electron chi connectivity index (χ4n) is 4.08. The molecule has 2 N–H and O–H groups in total. The molecule has 1 heterocycles. The number of anilines is 1. The third-order valence-electron chi connectivity index (χ3n) is 5.81. The summed E-state index contributed by atoms with van der Waals surface area (Å²) in [5, 5.41) is 6.19. The Labute approximate surface area is 195 Å². The van der Waals surface area contributed by atoms with Crippen LogP contribution in [0.15, 0.2) is 89.8 Å². The third kappa shape index (κ3) is 6.07. The first-order valence-corrected chi connectivity index (χ1v) is 12.7. The molecular weight excluding hydrogens is 434 g/mol. The van der Waals surface area contributed by atoms with Gasteiger partial charge in [0.15, 0.2) is 0 Å². The van der Waals surface area contributed by atoms with Crippen LogP contribution in [0.4, 0.5) is 5.69 Å². The van der Waals surface area contributed by atoms with Gasteiger partial charge >= 0.3 is 0 Å². The number of hydrogen-bond donors (Lipinski definition) is 2. The smallest absolute Gasteiger partial charge is 0.243 e. The first-order chi connectivity index (χ1) is 16.0. The van der Waals surface area contributed by atoms with Gasteiger partial charge in [0, 0.05) is 24.8 Å². The lowest BCUT2D eigenvalue weighted by atomic mass is 9.99. The van der Waals surface area contributed by atoms with Crippen LogP contribution in [0.3, 0.4) is 0 Å². The second kappa shape index (κ2) is 10.7. The van der Waals surface area contributed by atoms with E-state index in [2.05, 4.69) is 22.8 Å². The summed E-state index contributed by atoms with van der Waals surface area (Å²) in [5.74, 6) is -0.222. The first kappa shape index (κ1) is 23.2. The summed E-state index contributed by atoms with van der Waals surface area (Å²) in [7, 11) is -3.53. The molecule has 4 rings (SSSR count). The van der Waals surface area contributed by atoms with Crippen LogP contribution in [-0.4, -0.2) is 38.3 Å². The second-order valence-electron chi connectivity index (χ2n) is 8.22. The van der Waals surface area contributed by atoms with Crippen LogP contribution in [0, 0.1) is 0 Å². The fourth-order valence-corrected chi connectivity index (χ4v) is 5.64. The molecule has 1 saturated heterocycles. The van der Waals surface area contributed by atoms with Gasteiger partial charge in [-0.15, -0.1) is 0 Å². The molecule has 172 valence electrons. The highest BCUT2D eigenvalue weighted by Gasteiger charge is 2.27. The van der Waals surface area contributed by atoms with Crippen molar-refractivity contribution in [3.05, 3.63) is 96.1 Å². The lowest BCUT2D eigenvalue weighted by molar-refractivity contribution is -0.115. The highest BCUT2D eigenvalue weighted by atomic mass is 32.2. The van der Waals surface area contributed by atoms with Gasteiger partial charge in [0.05, 0.1) is 11.4 Å². The Bertz CT molecular complexity index is 1160. The van der Waals surface area contributed by atoms with Crippen LogP contribution in [-0.2, 0) is 21.2 Å². The van der Waals surface area contributed by atoms with E-state index in [1.807, 2.05) is 48.5 Å². The minimum absolute atomic E-state index is 0.0266. The highest BCUT2D eigenvalue weighted by Crippen LogP contribution is 2.23. The van der Waals surface area contributed by atoms with Crippen LogP contribution in [0.5, 0.6) is 0 Å². The number of hydrogen-bond acceptors (Lipinski definition) is 4. The number of carbonyl (C=O) groups excluding carboxylic acids is 1. The molecule has 0 radical (unpaired) electrons. The van der Waals surface area contributed by atoms with E-state index in [-0.39, 0.29) is 23.4 Å². The van der Waals surface area contributed by atoms with E-state index in [0.717, 1.165) is 24.8 Å². The molecular formula is C26H29N3O3S. The van der Waals surface area contributed by atoms with Crippen molar-refractivity contribution in [3.8, 4) is 0 Å². The summed E-state index contributed by atoms with van der Waals surface area (Å²) in [4.78, 5) is 12.9. The molecule has 7 heteroatoms. The fraction of sp³-hybridized carbons (Fsp3) is 0.269. The van der Waals surface area contributed by atoms with Crippen LogP contribution >= 0.6 is 0 Å². The quantitative estimate of drug-likeness (QED) is 0.503. The SMILES string of the molecule is O=C(CN[C@H](Cc1ccccc1)c1ccccc1)Nc1cccc(S(=O)(=O)N2CCCC2)c1. The maximum Gasteiger partial charge on any atom is 0.243 e. The highest BCUT2D eigenvalue weighted by molar-refractivity contribution is 7.89. The van der Waals surface area contributed by atoms with Gasteiger partial charge in [0.2, 0.25) is 15.9 Å². The zero-order valence-electron chi connectivity index (χ0n) is 18.5. The van der Waals surface area contributed by atoms with Crippen molar-refractivity contribution >= 4 is 21.6 Å². The number of rotatable bonds is 9. The van der Waals surface area contributed by atoms with E-state index in [1.54, 1.807) is 18.2 Å². The predicted molar refractivity (Wildman–Crippen MR) is 130 cm³/mol. The molecule has 6 nitrogen and oxygen atoms in total. The largest absolute Gasteiger partial charge is 0.325 e. The van der Waals surface area contributed by atoms with E-state index >= 15 is 0 Å². The molecule has 1 aliphatic rings. The number of nitrogens with zero attached hydrogens (tertiary/aromatic N) is 1. The first-order valence-electron chi connectivity index (χ1n) is 11.2. The average molecular weight is 464 g/mol. The minimum Gasteiger partial charge on any atom is -0.325 e. The molecule has 33 heavy (non-hydrogen) atoms. The lowest BCUT2D eigenvalue weighted by Crippen LogP contribution is -2.32. The molecule has 0 unspecified atom stereocenters. The number of benzene rings is 3. The Morgan fingerprint density at radius 2 is 1.55 bits per heavy atom. The van der Waals surface area contributed by atoms with Gasteiger partial charge in [-0.05, 0) is 48.6 Å². The molecule has 0 spiro atoms. The van der Waals surface area contributed by atoms with Gasteiger partial charge < -0.3 is 10.6 Å². The summed E-state index contributed by atoms with van der Waals surface area (Å²) >= 11 is 0. The summed E-state index contributed by atoms with van der Waals surface area (Å²) in [5.41, 5.74) is 2.76. The van der Waals surface area contributed by atoms with Crippen molar-refractivity contribution in [3.63, 3.8) is 0 Å². The van der Waals surface area contributed by atoms with Gasteiger partial charge in [-0.2, -0.15) is 4.31 Å². The van der Waals surface area contributed by atoms with Gasteiger partial charge in [0.1, 0.15) is 0 Å². The molecule has 1 aliphatic heterocycles. The zero-order valence-corrected chi connectivity index (χ0v) is 19.3. The van der Waals surface area contributed by atoms with Gasteiger partial charge in [-0.1, -0.05) is 66.7 Å². The molecule has 1 atom stereocenters. The molecule has 3 aromatic carbocycles. The molecule has 0 bridgehead atoms. The van der Waals surface area contributed by atoms with Crippen molar-refractivity contribution in [2.24, 2.45) is 0 Å². The number of sulfonamides is 1. The molecule has 1 fully saturated rings. The standard InChI is InChI=1S/C26H29N3O3S/c30-26(28-23-14-9-15-24(19-23)33(31,32)29-16-7-8-17-29)20-27-25(22-12-5-2-6-13-22)18-21-10-3-1-4-11-21/h1-6,9-15,19,25,27H,7-8,16-18,20H2,(H,28,30)/t25-/m1/s1. The van der Waals surface area contributed by atoms with Crippen molar-refractivity contribution in [1.82, 2.24) is 9.62 Å². The van der Waals surface area contributed by atoms with E-state index in [0.29, 0.717) is 18.8 Å². The maximum atomic E-state index is 12.8. The average Bonchev–Trinajstić information content (AvgIpc) is 3.39. The minimum atomic E-state index is -3.53.